The molecule has 0 aromatic heterocycles. The fourth-order valence-corrected chi connectivity index (χ4v) is 4.19. The van der Waals surface area contributed by atoms with Crippen molar-refractivity contribution in [1.82, 2.24) is 10.2 Å². The number of carbonyl (C=O) groups is 2. The van der Waals surface area contributed by atoms with Gasteiger partial charge in [0.2, 0.25) is 5.91 Å². The average molecular weight is 398 g/mol. The van der Waals surface area contributed by atoms with Crippen LogP contribution in [0, 0.1) is 11.8 Å². The van der Waals surface area contributed by atoms with Crippen LogP contribution in [0.4, 0.5) is 13.2 Å². The van der Waals surface area contributed by atoms with E-state index >= 15 is 0 Å². The number of likely N-dealkylation sites (tertiary alicyclic amines) is 1. The average Bonchev–Trinajstić information content (AvgIpc) is 3.05. The van der Waals surface area contributed by atoms with E-state index in [-0.39, 0.29) is 19.1 Å². The van der Waals surface area contributed by atoms with Gasteiger partial charge in [-0.2, -0.15) is 13.2 Å². The van der Waals surface area contributed by atoms with Gasteiger partial charge >= 0.3 is 12.1 Å². The van der Waals surface area contributed by atoms with Crippen molar-refractivity contribution in [2.75, 3.05) is 19.6 Å². The Bertz CT molecular complexity index is 751. The van der Waals surface area contributed by atoms with E-state index in [0.717, 1.165) is 24.8 Å². The van der Waals surface area contributed by atoms with E-state index in [4.69, 9.17) is 5.11 Å². The lowest BCUT2D eigenvalue weighted by molar-refractivity contribution is -0.188. The standard InChI is InChI=1S/C20H25F3N2O3/c1-12(14-7-6-13-4-2-3-5-15(13)8-14)24-18(26)11-25-9-16(19(27)28)17(10-25)20(21,22)23/h6-8,12,16-17H,2-5,9-11H2,1H3,(H,24,26)(H,27,28)/t12?,16-,17-/m1/s1. The van der Waals surface area contributed by atoms with Crippen LogP contribution in [0.25, 0.3) is 0 Å². The lowest BCUT2D eigenvalue weighted by Gasteiger charge is -2.21. The van der Waals surface area contributed by atoms with Crippen molar-refractivity contribution in [3.63, 3.8) is 0 Å². The molecule has 3 rings (SSSR count). The summed E-state index contributed by atoms with van der Waals surface area (Å²) in [6.45, 7) is 0.845. The third kappa shape index (κ3) is 4.66. The number of fused-ring (bicyclic) bond motifs is 1. The molecule has 5 nitrogen and oxygen atoms in total. The molecule has 1 aliphatic heterocycles. The summed E-state index contributed by atoms with van der Waals surface area (Å²) in [4.78, 5) is 24.7. The molecule has 0 bridgehead atoms. The molecule has 2 N–H and O–H groups in total. The normalized spacial score (nSPS) is 23.9. The SMILES string of the molecule is CC(NC(=O)CN1C[C@@H](C(F)(F)F)[C@H](C(=O)O)C1)c1ccc2c(c1)CCCC2. The van der Waals surface area contributed by atoms with E-state index in [2.05, 4.69) is 17.4 Å². The lowest BCUT2D eigenvalue weighted by atomic mass is 9.89. The highest BCUT2D eigenvalue weighted by Crippen LogP contribution is 2.37. The first-order valence-electron chi connectivity index (χ1n) is 9.58. The van der Waals surface area contributed by atoms with E-state index in [0.29, 0.717) is 0 Å². The summed E-state index contributed by atoms with van der Waals surface area (Å²) in [6.07, 6.45) is -0.170. The molecule has 1 amide bonds. The van der Waals surface area contributed by atoms with Gasteiger partial charge in [-0.3, -0.25) is 14.5 Å². The maximum absolute atomic E-state index is 13.1. The molecule has 3 atom stereocenters. The second kappa shape index (κ2) is 8.11. The molecular formula is C20H25F3N2O3. The van der Waals surface area contributed by atoms with Gasteiger partial charge in [0.1, 0.15) is 0 Å². The molecule has 1 aromatic rings. The number of nitrogens with one attached hydrogen (secondary N) is 1. The maximum Gasteiger partial charge on any atom is 0.393 e. The third-order valence-electron chi connectivity index (χ3n) is 5.75. The summed E-state index contributed by atoms with van der Waals surface area (Å²) >= 11 is 0. The predicted molar refractivity (Wildman–Crippen MR) is 96.8 cm³/mol. The van der Waals surface area contributed by atoms with E-state index in [1.54, 1.807) is 0 Å². The first kappa shape index (κ1) is 20.6. The minimum atomic E-state index is -4.59. The number of alkyl halides is 3. The first-order chi connectivity index (χ1) is 13.1. The number of hydrogen-bond donors (Lipinski definition) is 2. The Morgan fingerprint density at radius 3 is 2.50 bits per heavy atom. The zero-order valence-electron chi connectivity index (χ0n) is 15.8. The van der Waals surface area contributed by atoms with E-state index in [9.17, 15) is 22.8 Å². The van der Waals surface area contributed by atoms with Crippen LogP contribution in [0.3, 0.4) is 0 Å². The summed E-state index contributed by atoms with van der Waals surface area (Å²) in [7, 11) is 0. The van der Waals surface area contributed by atoms with Crippen molar-refractivity contribution in [3.8, 4) is 0 Å². The van der Waals surface area contributed by atoms with Crippen LogP contribution >= 0.6 is 0 Å². The molecule has 0 spiro atoms. The van der Waals surface area contributed by atoms with Crippen molar-refractivity contribution >= 4 is 11.9 Å². The highest BCUT2D eigenvalue weighted by Gasteiger charge is 2.52. The van der Waals surface area contributed by atoms with Gasteiger partial charge in [0.05, 0.1) is 24.4 Å². The second-order valence-electron chi connectivity index (χ2n) is 7.81. The zero-order valence-corrected chi connectivity index (χ0v) is 15.8. The Hall–Kier alpha value is -2.09. The van der Waals surface area contributed by atoms with E-state index < -0.39 is 36.4 Å². The number of aliphatic carboxylic acids is 1. The molecule has 8 heteroatoms. The molecular weight excluding hydrogens is 373 g/mol. The van der Waals surface area contributed by atoms with Crippen molar-refractivity contribution in [3.05, 3.63) is 34.9 Å². The number of aryl methyl sites for hydroxylation is 2. The Morgan fingerprint density at radius 1 is 1.21 bits per heavy atom. The van der Waals surface area contributed by atoms with Gasteiger partial charge in [-0.1, -0.05) is 18.2 Å². The number of benzene rings is 1. The summed E-state index contributed by atoms with van der Waals surface area (Å²) < 4.78 is 39.2. The number of nitrogens with zero attached hydrogens (tertiary/aromatic N) is 1. The van der Waals surface area contributed by atoms with Crippen LogP contribution in [0.2, 0.25) is 0 Å². The molecule has 1 aromatic carbocycles. The van der Waals surface area contributed by atoms with Crippen LogP contribution < -0.4 is 5.32 Å². The van der Waals surface area contributed by atoms with Crippen LogP contribution in [-0.4, -0.2) is 47.7 Å². The highest BCUT2D eigenvalue weighted by molar-refractivity contribution is 5.79. The number of amides is 1. The van der Waals surface area contributed by atoms with Gasteiger partial charge in [-0.25, -0.2) is 0 Å². The van der Waals surface area contributed by atoms with E-state index in [1.807, 2.05) is 13.0 Å². The topological polar surface area (TPSA) is 69.6 Å². The first-order valence-corrected chi connectivity index (χ1v) is 9.58. The quantitative estimate of drug-likeness (QED) is 0.800. The molecule has 28 heavy (non-hydrogen) atoms. The minimum absolute atomic E-state index is 0.244. The molecule has 1 aliphatic carbocycles. The number of rotatable bonds is 5. The molecule has 0 radical (unpaired) electrons. The monoisotopic (exact) mass is 398 g/mol. The number of carboxylic acids is 1. The van der Waals surface area contributed by atoms with Crippen LogP contribution in [0.1, 0.15) is 42.5 Å². The Kier molecular flexibility index (Phi) is 5.98. The van der Waals surface area contributed by atoms with Crippen LogP contribution in [-0.2, 0) is 22.4 Å². The Labute approximate surface area is 161 Å². The minimum Gasteiger partial charge on any atom is -0.481 e. The zero-order chi connectivity index (χ0) is 20.5. The van der Waals surface area contributed by atoms with Gasteiger partial charge in [0.15, 0.2) is 0 Å². The largest absolute Gasteiger partial charge is 0.481 e. The molecule has 154 valence electrons. The Balaban J connectivity index is 1.59. The van der Waals surface area contributed by atoms with Gasteiger partial charge in [0, 0.05) is 13.1 Å². The number of carboxylic acid groups (broad SMARTS) is 1. The lowest BCUT2D eigenvalue weighted by Crippen LogP contribution is -2.38. The van der Waals surface area contributed by atoms with Gasteiger partial charge in [0.25, 0.3) is 0 Å². The van der Waals surface area contributed by atoms with Crippen LogP contribution in [0.5, 0.6) is 0 Å². The summed E-state index contributed by atoms with van der Waals surface area (Å²) in [5.41, 5.74) is 3.59. The third-order valence-corrected chi connectivity index (χ3v) is 5.75. The van der Waals surface area contributed by atoms with Gasteiger partial charge < -0.3 is 10.4 Å². The van der Waals surface area contributed by atoms with E-state index in [1.165, 1.54) is 22.4 Å². The van der Waals surface area contributed by atoms with Gasteiger partial charge in [-0.15, -0.1) is 0 Å². The maximum atomic E-state index is 13.1. The highest BCUT2D eigenvalue weighted by atomic mass is 19.4. The molecule has 1 saturated heterocycles. The van der Waals surface area contributed by atoms with Crippen molar-refractivity contribution in [1.29, 1.82) is 0 Å². The molecule has 1 unspecified atom stereocenters. The molecule has 1 fully saturated rings. The number of hydrogen-bond acceptors (Lipinski definition) is 3. The summed E-state index contributed by atoms with van der Waals surface area (Å²) in [5, 5.41) is 11.9. The summed E-state index contributed by atoms with van der Waals surface area (Å²) in [5.74, 6) is -5.37. The smallest absolute Gasteiger partial charge is 0.393 e. The molecule has 2 aliphatic rings. The molecule has 1 heterocycles. The fourth-order valence-electron chi connectivity index (χ4n) is 4.19. The second-order valence-corrected chi connectivity index (χ2v) is 7.81. The van der Waals surface area contributed by atoms with Gasteiger partial charge in [-0.05, 0) is 49.3 Å². The van der Waals surface area contributed by atoms with Crippen molar-refractivity contribution < 1.29 is 27.9 Å². The number of carbonyl (C=O) groups excluding carboxylic acids is 1. The van der Waals surface area contributed by atoms with Crippen LogP contribution in [0.15, 0.2) is 18.2 Å². The fraction of sp³-hybridized carbons (Fsp3) is 0.600. The van der Waals surface area contributed by atoms with Crippen molar-refractivity contribution in [2.24, 2.45) is 11.8 Å². The Morgan fingerprint density at radius 2 is 1.89 bits per heavy atom. The predicted octanol–water partition coefficient (Wildman–Crippen LogP) is 2.94. The summed E-state index contributed by atoms with van der Waals surface area (Å²) in [6, 6.07) is 5.88. The number of halogens is 3. The molecule has 0 saturated carbocycles. The van der Waals surface area contributed by atoms with Crippen molar-refractivity contribution in [2.45, 2.75) is 44.8 Å².